The molecule has 0 saturated carbocycles. The Hall–Kier alpha value is -3.26. The third kappa shape index (κ3) is 5.86. The minimum atomic E-state index is -0.488. The van der Waals surface area contributed by atoms with Gasteiger partial charge in [0.25, 0.3) is 5.91 Å². The lowest BCUT2D eigenvalue weighted by atomic mass is 10.1. The van der Waals surface area contributed by atoms with Crippen LogP contribution in [0.5, 0.6) is 5.75 Å². The number of carbonyl (C=O) groups is 1. The summed E-state index contributed by atoms with van der Waals surface area (Å²) in [5, 5.41) is 13.1. The molecular formula is C23H16Cl2N2O2. The van der Waals surface area contributed by atoms with Gasteiger partial charge in [0, 0.05) is 10.7 Å². The summed E-state index contributed by atoms with van der Waals surface area (Å²) in [4.78, 5) is 12.3. The lowest BCUT2D eigenvalue weighted by molar-refractivity contribution is -0.112. The number of halogens is 2. The van der Waals surface area contributed by atoms with Crippen molar-refractivity contribution in [2.45, 2.75) is 6.61 Å². The minimum absolute atomic E-state index is 0.0280. The molecule has 0 heterocycles. The van der Waals surface area contributed by atoms with Crippen molar-refractivity contribution in [3.05, 3.63) is 99.5 Å². The number of nitrogens with one attached hydrogen (secondary N) is 1. The molecule has 4 nitrogen and oxygen atoms in total. The molecule has 1 amide bonds. The third-order valence-corrected chi connectivity index (χ3v) is 4.52. The van der Waals surface area contributed by atoms with Gasteiger partial charge in [0.1, 0.15) is 24.0 Å². The third-order valence-electron chi connectivity index (χ3n) is 3.97. The number of nitrogens with zero attached hydrogens (tertiary/aromatic N) is 1. The van der Waals surface area contributed by atoms with Gasteiger partial charge >= 0.3 is 0 Å². The molecule has 6 heteroatoms. The lowest BCUT2D eigenvalue weighted by Gasteiger charge is -2.09. The molecule has 1 N–H and O–H groups in total. The largest absolute Gasteiger partial charge is 0.487 e. The highest BCUT2D eigenvalue weighted by Crippen LogP contribution is 2.27. The molecule has 0 aliphatic heterocycles. The highest BCUT2D eigenvalue weighted by molar-refractivity contribution is 6.32. The van der Waals surface area contributed by atoms with Crippen molar-refractivity contribution < 1.29 is 9.53 Å². The molecule has 0 spiro atoms. The summed E-state index contributed by atoms with van der Waals surface area (Å²) in [6.07, 6.45) is 1.48. The van der Waals surface area contributed by atoms with E-state index in [9.17, 15) is 10.1 Å². The average molecular weight is 423 g/mol. The van der Waals surface area contributed by atoms with E-state index >= 15 is 0 Å². The summed E-state index contributed by atoms with van der Waals surface area (Å²) in [5.41, 5.74) is 2.16. The minimum Gasteiger partial charge on any atom is -0.487 e. The van der Waals surface area contributed by atoms with Gasteiger partial charge in [0.15, 0.2) is 0 Å². The van der Waals surface area contributed by atoms with Crippen molar-refractivity contribution in [3.63, 3.8) is 0 Å². The van der Waals surface area contributed by atoms with E-state index in [0.29, 0.717) is 33.7 Å². The number of para-hydroxylation sites is 1. The van der Waals surface area contributed by atoms with Crippen molar-refractivity contribution in [2.75, 3.05) is 5.32 Å². The molecule has 3 rings (SSSR count). The SMILES string of the molecule is N#C/C(=C\c1ccc(OCc2ccc(Cl)cc2)c(Cl)c1)C(=O)Nc1ccccc1. The van der Waals surface area contributed by atoms with Crippen LogP contribution in [-0.4, -0.2) is 5.91 Å². The Morgan fingerprint density at radius 2 is 1.76 bits per heavy atom. The van der Waals surface area contributed by atoms with Gasteiger partial charge in [0.05, 0.1) is 5.02 Å². The summed E-state index contributed by atoms with van der Waals surface area (Å²) < 4.78 is 5.74. The van der Waals surface area contributed by atoms with E-state index in [-0.39, 0.29) is 5.57 Å². The van der Waals surface area contributed by atoms with Gasteiger partial charge in [-0.05, 0) is 53.6 Å². The van der Waals surface area contributed by atoms with E-state index in [1.807, 2.05) is 24.3 Å². The second-order valence-corrected chi connectivity index (χ2v) is 6.94. The fraction of sp³-hybridized carbons (Fsp3) is 0.0435. The van der Waals surface area contributed by atoms with E-state index in [4.69, 9.17) is 27.9 Å². The Morgan fingerprint density at radius 1 is 1.03 bits per heavy atom. The second-order valence-electron chi connectivity index (χ2n) is 6.09. The molecule has 0 unspecified atom stereocenters. The van der Waals surface area contributed by atoms with Crippen LogP contribution in [0.4, 0.5) is 5.69 Å². The summed E-state index contributed by atoms with van der Waals surface area (Å²) in [5.74, 6) is 0.0175. The Balaban J connectivity index is 1.70. The molecule has 0 bridgehead atoms. The highest BCUT2D eigenvalue weighted by atomic mass is 35.5. The topological polar surface area (TPSA) is 62.1 Å². The summed E-state index contributed by atoms with van der Waals surface area (Å²) in [6, 6.07) is 23.3. The molecule has 0 aliphatic rings. The van der Waals surface area contributed by atoms with Gasteiger partial charge in [-0.1, -0.05) is 59.6 Å². The van der Waals surface area contributed by atoms with E-state index < -0.39 is 5.91 Å². The Labute approximate surface area is 179 Å². The maximum absolute atomic E-state index is 12.3. The smallest absolute Gasteiger partial charge is 0.266 e. The molecule has 0 saturated heterocycles. The molecule has 0 aliphatic carbocycles. The van der Waals surface area contributed by atoms with Gasteiger partial charge < -0.3 is 10.1 Å². The number of amides is 1. The lowest BCUT2D eigenvalue weighted by Crippen LogP contribution is -2.13. The van der Waals surface area contributed by atoms with E-state index in [1.165, 1.54) is 6.08 Å². The first-order chi connectivity index (χ1) is 14.0. The van der Waals surface area contributed by atoms with E-state index in [0.717, 1.165) is 5.56 Å². The van der Waals surface area contributed by atoms with Crippen LogP contribution in [0.15, 0.2) is 78.4 Å². The number of rotatable bonds is 6. The predicted molar refractivity (Wildman–Crippen MR) is 116 cm³/mol. The van der Waals surface area contributed by atoms with Crippen LogP contribution in [0, 0.1) is 11.3 Å². The number of anilines is 1. The van der Waals surface area contributed by atoms with Crippen LogP contribution in [0.3, 0.4) is 0 Å². The van der Waals surface area contributed by atoms with Gasteiger partial charge in [-0.15, -0.1) is 0 Å². The molecule has 3 aromatic rings. The molecule has 29 heavy (non-hydrogen) atoms. The summed E-state index contributed by atoms with van der Waals surface area (Å²) in [6.45, 7) is 0.342. The number of ether oxygens (including phenoxy) is 1. The Kier molecular flexibility index (Phi) is 6.91. The zero-order chi connectivity index (χ0) is 20.6. The maximum Gasteiger partial charge on any atom is 0.266 e. The molecule has 0 fully saturated rings. The van der Waals surface area contributed by atoms with Crippen molar-refractivity contribution >= 4 is 40.9 Å². The normalized spacial score (nSPS) is 10.9. The van der Waals surface area contributed by atoms with Crippen LogP contribution in [0.1, 0.15) is 11.1 Å². The molecule has 0 aromatic heterocycles. The zero-order valence-corrected chi connectivity index (χ0v) is 16.7. The second kappa shape index (κ2) is 9.79. The van der Waals surface area contributed by atoms with Crippen LogP contribution in [0.2, 0.25) is 10.0 Å². The fourth-order valence-corrected chi connectivity index (χ4v) is 2.87. The van der Waals surface area contributed by atoms with Crippen molar-refractivity contribution in [1.29, 1.82) is 5.26 Å². The van der Waals surface area contributed by atoms with Crippen molar-refractivity contribution in [3.8, 4) is 11.8 Å². The highest BCUT2D eigenvalue weighted by Gasteiger charge is 2.10. The first-order valence-corrected chi connectivity index (χ1v) is 9.46. The molecule has 144 valence electrons. The van der Waals surface area contributed by atoms with Crippen LogP contribution in [0.25, 0.3) is 6.08 Å². The van der Waals surface area contributed by atoms with E-state index in [2.05, 4.69) is 5.32 Å². The van der Waals surface area contributed by atoms with Gasteiger partial charge in [0.2, 0.25) is 0 Å². The van der Waals surface area contributed by atoms with Crippen LogP contribution in [-0.2, 0) is 11.4 Å². The predicted octanol–water partition coefficient (Wildman–Crippen LogP) is 6.12. The maximum atomic E-state index is 12.3. The number of hydrogen-bond donors (Lipinski definition) is 1. The standard InChI is InChI=1S/C23H16Cl2N2O2/c24-19-9-6-16(7-10-19)15-29-22-11-8-17(13-21(22)25)12-18(14-26)23(28)27-20-4-2-1-3-5-20/h1-13H,15H2,(H,27,28)/b18-12+. The molecule has 0 atom stereocenters. The number of hydrogen-bond acceptors (Lipinski definition) is 3. The zero-order valence-electron chi connectivity index (χ0n) is 15.2. The van der Waals surface area contributed by atoms with Gasteiger partial charge in [-0.3, -0.25) is 4.79 Å². The number of carbonyl (C=O) groups excluding carboxylic acids is 1. The number of nitriles is 1. The first kappa shape index (κ1) is 20.5. The Morgan fingerprint density at radius 3 is 2.41 bits per heavy atom. The van der Waals surface area contributed by atoms with Crippen LogP contribution >= 0.6 is 23.2 Å². The molecule has 3 aromatic carbocycles. The average Bonchev–Trinajstić information content (AvgIpc) is 2.73. The van der Waals surface area contributed by atoms with Gasteiger partial charge in [-0.2, -0.15) is 5.26 Å². The monoisotopic (exact) mass is 422 g/mol. The van der Waals surface area contributed by atoms with E-state index in [1.54, 1.807) is 54.6 Å². The Bertz CT molecular complexity index is 1070. The summed E-state index contributed by atoms with van der Waals surface area (Å²) in [7, 11) is 0. The fourth-order valence-electron chi connectivity index (χ4n) is 2.50. The van der Waals surface area contributed by atoms with Crippen molar-refractivity contribution in [1.82, 2.24) is 0 Å². The molecular weight excluding hydrogens is 407 g/mol. The van der Waals surface area contributed by atoms with Gasteiger partial charge in [-0.25, -0.2) is 0 Å². The first-order valence-electron chi connectivity index (χ1n) is 8.70. The van der Waals surface area contributed by atoms with Crippen molar-refractivity contribution in [2.24, 2.45) is 0 Å². The van der Waals surface area contributed by atoms with Crippen LogP contribution < -0.4 is 10.1 Å². The quantitative estimate of drug-likeness (QED) is 0.384. The number of benzene rings is 3. The summed E-state index contributed by atoms with van der Waals surface area (Å²) >= 11 is 12.2. The molecule has 0 radical (unpaired) electrons.